The van der Waals surface area contributed by atoms with Crippen molar-refractivity contribution in [1.82, 2.24) is 0 Å². The van der Waals surface area contributed by atoms with Crippen LogP contribution in [0.4, 0.5) is 0 Å². The van der Waals surface area contributed by atoms with Crippen molar-refractivity contribution in [3.63, 3.8) is 0 Å². The van der Waals surface area contributed by atoms with Gasteiger partial charge in [0, 0.05) is 12.5 Å². The van der Waals surface area contributed by atoms with Crippen molar-refractivity contribution in [3.05, 3.63) is 52.1 Å². The molecule has 4 aliphatic rings. The molecule has 2 unspecified atom stereocenters. The smallest absolute Gasteiger partial charge is 0.336 e. The zero-order chi connectivity index (χ0) is 40.0. The highest BCUT2D eigenvalue weighted by Crippen LogP contribution is 2.74. The molecule has 8 heteroatoms. The van der Waals surface area contributed by atoms with Crippen LogP contribution in [-0.2, 0) is 35.0 Å². The number of allylic oxidation sites excluding steroid dienone is 2. The molecule has 0 saturated heterocycles. The minimum atomic E-state index is -0.763. The van der Waals surface area contributed by atoms with Crippen molar-refractivity contribution in [2.45, 2.75) is 159 Å². The highest BCUT2D eigenvalue weighted by atomic mass is 16.7. The quantitative estimate of drug-likeness (QED) is 0.138. The van der Waals surface area contributed by atoms with Crippen LogP contribution in [0.5, 0.6) is 0 Å². The molecule has 0 radical (unpaired) electrons. The van der Waals surface area contributed by atoms with Crippen LogP contribution in [0.1, 0.15) is 145 Å². The van der Waals surface area contributed by atoms with Crippen molar-refractivity contribution in [2.24, 2.45) is 45.3 Å². The molecular weight excluding hydrogens is 680 g/mol. The Morgan fingerprint density at radius 2 is 1.56 bits per heavy atom. The van der Waals surface area contributed by atoms with Crippen molar-refractivity contribution in [1.29, 1.82) is 0 Å². The summed E-state index contributed by atoms with van der Waals surface area (Å²) in [5.41, 5.74) is 4.17. The van der Waals surface area contributed by atoms with Gasteiger partial charge in [-0.1, -0.05) is 70.9 Å². The van der Waals surface area contributed by atoms with Crippen molar-refractivity contribution >= 4 is 23.5 Å². The first kappa shape index (κ1) is 42.2. The molecule has 0 spiro atoms. The maximum Gasteiger partial charge on any atom is 0.336 e. The molecule has 54 heavy (non-hydrogen) atoms. The van der Waals surface area contributed by atoms with E-state index in [4.69, 9.17) is 14.2 Å². The molecule has 10 atom stereocenters. The number of carbonyl (C=O) groups excluding carboxylic acids is 3. The zero-order valence-electron chi connectivity index (χ0n) is 35.0. The van der Waals surface area contributed by atoms with E-state index in [9.17, 15) is 24.6 Å². The van der Waals surface area contributed by atoms with E-state index in [2.05, 4.69) is 72.7 Å². The van der Waals surface area contributed by atoms with Crippen LogP contribution in [0, 0.1) is 45.3 Å². The minimum Gasteiger partial charge on any atom is -0.458 e. The molecule has 0 aromatic heterocycles. The van der Waals surface area contributed by atoms with Gasteiger partial charge in [0.05, 0.1) is 17.6 Å². The van der Waals surface area contributed by atoms with Gasteiger partial charge >= 0.3 is 17.9 Å². The van der Waals surface area contributed by atoms with E-state index in [1.165, 1.54) is 12.5 Å². The Morgan fingerprint density at radius 1 is 0.889 bits per heavy atom. The van der Waals surface area contributed by atoms with Gasteiger partial charge in [-0.25, -0.2) is 4.79 Å². The summed E-state index contributed by atoms with van der Waals surface area (Å²) in [5, 5.41) is 23.3. The first-order valence-electron chi connectivity index (χ1n) is 20.6. The number of esters is 3. The third-order valence-corrected chi connectivity index (χ3v) is 14.7. The number of aliphatic hydroxyl groups is 2. The second-order valence-electron chi connectivity index (χ2n) is 19.2. The SMILES string of the molecule is CCCc1ccc(C(CC/C(C(=O)OCOC(=O)C(C)(C)C)=C2\C3C[C@@H](O)[C@H]4[C@@]5(C)CC[C@@H](O)[C@@H](C)C5CC[C@]4(C)[C@@]3(C)C[C@@H]2OC(C)=O)=C(C)C)cc1. The maximum absolute atomic E-state index is 14.4. The van der Waals surface area contributed by atoms with E-state index < -0.39 is 47.7 Å². The Bertz CT molecular complexity index is 1630. The molecule has 0 aliphatic heterocycles. The number of fused-ring (bicyclic) bond motifs is 5. The topological polar surface area (TPSA) is 119 Å². The molecule has 1 aromatic rings. The van der Waals surface area contributed by atoms with Crippen LogP contribution in [0.25, 0.3) is 5.57 Å². The molecule has 2 N–H and O–H groups in total. The monoisotopic (exact) mass is 748 g/mol. The predicted octanol–water partition coefficient (Wildman–Crippen LogP) is 9.15. The molecule has 1 aromatic carbocycles. The highest BCUT2D eigenvalue weighted by molar-refractivity contribution is 5.90. The summed E-state index contributed by atoms with van der Waals surface area (Å²) in [7, 11) is 0. The fraction of sp³-hybridized carbons (Fsp3) is 0.717. The summed E-state index contributed by atoms with van der Waals surface area (Å²) in [5.74, 6) is -1.29. The number of benzene rings is 1. The van der Waals surface area contributed by atoms with Gasteiger partial charge in [-0.2, -0.15) is 0 Å². The lowest BCUT2D eigenvalue weighted by Gasteiger charge is -2.69. The van der Waals surface area contributed by atoms with Gasteiger partial charge in [0.1, 0.15) is 6.10 Å². The summed E-state index contributed by atoms with van der Waals surface area (Å²) < 4.78 is 17.4. The van der Waals surface area contributed by atoms with Crippen molar-refractivity contribution < 1.29 is 38.8 Å². The van der Waals surface area contributed by atoms with Crippen LogP contribution in [0.2, 0.25) is 0 Å². The fourth-order valence-corrected chi connectivity index (χ4v) is 11.8. The number of hydrogen-bond acceptors (Lipinski definition) is 8. The minimum absolute atomic E-state index is 0.0163. The molecule has 0 heterocycles. The summed E-state index contributed by atoms with van der Waals surface area (Å²) in [6.45, 7) is 21.6. The number of aliphatic hydroxyl groups excluding tert-OH is 2. The van der Waals surface area contributed by atoms with Gasteiger partial charge in [-0.15, -0.1) is 0 Å². The lowest BCUT2D eigenvalue weighted by atomic mass is 9.36. The maximum atomic E-state index is 14.4. The summed E-state index contributed by atoms with van der Waals surface area (Å²) >= 11 is 0. The standard InChI is InChI=1S/C46H68O8/c1-12-13-30-14-16-31(17-15-30)32(27(2)3)18-19-33(41(50)52-26-53-42(51)43(6,7)8)39-35-24-37(49)40-44(9)22-21-36(48)28(4)34(44)20-23-45(40,10)46(35,11)25-38(39)54-29(5)47/h14-17,28,34-38,40,48-49H,12-13,18-26H2,1-11H3/b39-33-/t28-,34?,35?,36+,37+,38-,40-,44-,45-,46-/m0/s1. The van der Waals surface area contributed by atoms with Gasteiger partial charge in [-0.05, 0) is 155 Å². The fourth-order valence-electron chi connectivity index (χ4n) is 11.8. The van der Waals surface area contributed by atoms with E-state index >= 15 is 0 Å². The zero-order valence-corrected chi connectivity index (χ0v) is 35.0. The van der Waals surface area contributed by atoms with Crippen LogP contribution in [-0.4, -0.2) is 53.2 Å². The predicted molar refractivity (Wildman–Crippen MR) is 211 cm³/mol. The van der Waals surface area contributed by atoms with E-state index in [-0.39, 0.29) is 34.7 Å². The molecule has 8 nitrogen and oxygen atoms in total. The third kappa shape index (κ3) is 7.72. The molecule has 5 rings (SSSR count). The second-order valence-corrected chi connectivity index (χ2v) is 19.2. The first-order chi connectivity index (χ1) is 25.2. The molecular formula is C46H68O8. The summed E-state index contributed by atoms with van der Waals surface area (Å²) in [4.78, 5) is 39.9. The van der Waals surface area contributed by atoms with Gasteiger partial charge in [-0.3, -0.25) is 9.59 Å². The Balaban J connectivity index is 1.59. The molecule has 4 saturated carbocycles. The Labute approximate surface area is 324 Å². The van der Waals surface area contributed by atoms with E-state index in [0.29, 0.717) is 37.2 Å². The molecule has 4 aliphatic carbocycles. The van der Waals surface area contributed by atoms with E-state index in [1.807, 2.05) is 0 Å². The molecule has 0 amide bonds. The number of rotatable bonds is 10. The van der Waals surface area contributed by atoms with Gasteiger partial charge < -0.3 is 24.4 Å². The van der Waals surface area contributed by atoms with Gasteiger partial charge in [0.25, 0.3) is 0 Å². The molecule has 300 valence electrons. The Morgan fingerprint density at radius 3 is 2.15 bits per heavy atom. The molecule has 0 bridgehead atoms. The van der Waals surface area contributed by atoms with E-state index in [0.717, 1.165) is 60.8 Å². The third-order valence-electron chi connectivity index (χ3n) is 14.7. The van der Waals surface area contributed by atoms with E-state index in [1.54, 1.807) is 20.8 Å². The second kappa shape index (κ2) is 15.9. The number of carbonyl (C=O) groups is 3. The van der Waals surface area contributed by atoms with Crippen LogP contribution < -0.4 is 0 Å². The number of hydrogen-bond donors (Lipinski definition) is 2. The van der Waals surface area contributed by atoms with Crippen molar-refractivity contribution in [2.75, 3.05) is 6.79 Å². The molecule has 4 fully saturated rings. The number of ether oxygens (including phenoxy) is 3. The lowest BCUT2D eigenvalue weighted by molar-refractivity contribution is -0.234. The summed E-state index contributed by atoms with van der Waals surface area (Å²) in [6.07, 6.45) is 5.68. The van der Waals surface area contributed by atoms with Crippen LogP contribution in [0.3, 0.4) is 0 Å². The largest absolute Gasteiger partial charge is 0.458 e. The number of aryl methyl sites for hydroxylation is 1. The van der Waals surface area contributed by atoms with Gasteiger partial charge in [0.15, 0.2) is 0 Å². The van der Waals surface area contributed by atoms with Crippen molar-refractivity contribution in [3.8, 4) is 0 Å². The normalized spacial score (nSPS) is 35.5. The first-order valence-corrected chi connectivity index (χ1v) is 20.6. The average Bonchev–Trinajstić information content (AvgIpc) is 3.35. The van der Waals surface area contributed by atoms with Crippen LogP contribution in [0.15, 0.2) is 41.0 Å². The lowest BCUT2D eigenvalue weighted by Crippen LogP contribution is -2.65. The highest BCUT2D eigenvalue weighted by Gasteiger charge is 2.71. The average molecular weight is 749 g/mol. The van der Waals surface area contributed by atoms with Crippen LogP contribution >= 0.6 is 0 Å². The van der Waals surface area contributed by atoms with Gasteiger partial charge in [0.2, 0.25) is 6.79 Å². The Hall–Kier alpha value is -2.97. The summed E-state index contributed by atoms with van der Waals surface area (Å²) in [6, 6.07) is 8.64. The Kier molecular flexibility index (Phi) is 12.4.